The van der Waals surface area contributed by atoms with Crippen molar-refractivity contribution >= 4 is 23.3 Å². The van der Waals surface area contributed by atoms with Crippen molar-refractivity contribution in [2.24, 2.45) is 23.3 Å². The smallest absolute Gasteiger partial charge is 0.253 e. The third-order valence-electron chi connectivity index (χ3n) is 9.42. The molecule has 1 spiro atoms. The predicted octanol–water partition coefficient (Wildman–Crippen LogP) is 0.0822. The first-order valence-electron chi connectivity index (χ1n) is 14.2. The van der Waals surface area contributed by atoms with Crippen LogP contribution in [-0.2, 0) is 27.2 Å². The molecule has 2 unspecified atom stereocenters. The summed E-state index contributed by atoms with van der Waals surface area (Å²) in [7, 11) is 10.2. The van der Waals surface area contributed by atoms with Gasteiger partial charge in [0, 0.05) is 57.3 Å². The number of ether oxygens (including phenoxy) is 1. The number of likely N-dealkylation sites (N-methyl/N-ethyl adjacent to an activating group) is 1. The number of allylic oxidation sites excluding steroid dienone is 1. The van der Waals surface area contributed by atoms with Crippen molar-refractivity contribution in [3.63, 3.8) is 0 Å². The van der Waals surface area contributed by atoms with E-state index in [-0.39, 0.29) is 48.5 Å². The summed E-state index contributed by atoms with van der Waals surface area (Å²) in [4.78, 5) is 44.0. The molecular weight excluding hydrogens is 558 g/mol. The van der Waals surface area contributed by atoms with Gasteiger partial charge in [-0.3, -0.25) is 19.3 Å². The van der Waals surface area contributed by atoms with Crippen molar-refractivity contribution in [3.05, 3.63) is 45.4 Å². The van der Waals surface area contributed by atoms with E-state index >= 15 is 0 Å². The number of primary amides is 1. The van der Waals surface area contributed by atoms with Gasteiger partial charge in [0.25, 0.3) is 5.91 Å². The summed E-state index contributed by atoms with van der Waals surface area (Å²) in [6.45, 7) is 1.70. The van der Waals surface area contributed by atoms with Crippen LogP contribution in [0.2, 0.25) is 0 Å². The SMILES string of the molecule is CN(C)C(=O)CC(C)(N)Cc1cc(N(C)C)c2c(c1O)C(=O)C1=C(O)[C@]34OC3(O)C(C(N)=O)=C(O)[C@@H](N(C)C)[C@@H]4C[C@@H]1C2. The standard InChI is InChI=1S/C30H41N5O8/c1-28(32,12-18(36)34(4)5)11-14-10-17(33(2)3)15-8-13-9-16-22(35(6)7)25(39)21(27(31)41)30(42)29(16,43-30)26(40)19(13)24(38)20(15)23(14)37/h10,13,16,22,37,39-40,42H,8-9,11-12,32H2,1-7H3,(H2,31,41)/t13-,16-,22-,28?,29-,30?/m0/s1. The number of fused-ring (bicyclic) bond motifs is 2. The number of aliphatic hydroxyl groups is 3. The summed E-state index contributed by atoms with van der Waals surface area (Å²) in [6.07, 6.45) is 0.568. The summed E-state index contributed by atoms with van der Waals surface area (Å²) in [5.41, 5.74) is 10.1. The molecule has 1 saturated heterocycles. The van der Waals surface area contributed by atoms with Gasteiger partial charge in [-0.25, -0.2) is 0 Å². The van der Waals surface area contributed by atoms with Crippen LogP contribution in [-0.4, -0.2) is 113 Å². The van der Waals surface area contributed by atoms with Gasteiger partial charge in [-0.05, 0) is 63.4 Å². The van der Waals surface area contributed by atoms with Crippen LogP contribution in [0.25, 0.3) is 0 Å². The second-order valence-electron chi connectivity index (χ2n) is 13.3. The molecule has 3 aliphatic carbocycles. The minimum Gasteiger partial charge on any atom is -0.510 e. The fourth-order valence-corrected chi connectivity index (χ4v) is 7.50. The Hall–Kier alpha value is -3.65. The van der Waals surface area contributed by atoms with E-state index in [2.05, 4.69) is 0 Å². The zero-order chi connectivity index (χ0) is 32.1. The van der Waals surface area contributed by atoms with Crippen LogP contribution < -0.4 is 16.4 Å². The molecule has 1 aromatic rings. The number of phenols is 1. The number of phenolic OH excluding ortho intramolecular Hbond substituents is 1. The van der Waals surface area contributed by atoms with Crippen molar-refractivity contribution in [1.82, 2.24) is 9.80 Å². The van der Waals surface area contributed by atoms with Gasteiger partial charge in [-0.2, -0.15) is 0 Å². The molecule has 13 nitrogen and oxygen atoms in total. The summed E-state index contributed by atoms with van der Waals surface area (Å²) in [5, 5.41) is 45.8. The van der Waals surface area contributed by atoms with Gasteiger partial charge in [0.1, 0.15) is 22.8 Å². The summed E-state index contributed by atoms with van der Waals surface area (Å²) in [5.74, 6) is -6.91. The molecule has 8 N–H and O–H groups in total. The van der Waals surface area contributed by atoms with Gasteiger partial charge in [0.05, 0.1) is 11.6 Å². The Kier molecular flexibility index (Phi) is 6.93. The first-order chi connectivity index (χ1) is 19.8. The Morgan fingerprint density at radius 2 is 1.77 bits per heavy atom. The third kappa shape index (κ3) is 4.24. The molecule has 13 heteroatoms. The van der Waals surface area contributed by atoms with Crippen LogP contribution >= 0.6 is 0 Å². The molecular formula is C30H41N5O8. The highest BCUT2D eigenvalue weighted by Gasteiger charge is 2.84. The molecule has 0 radical (unpaired) electrons. The largest absolute Gasteiger partial charge is 0.510 e. The van der Waals surface area contributed by atoms with E-state index in [4.69, 9.17) is 16.2 Å². The van der Waals surface area contributed by atoms with Crippen LogP contribution in [0.15, 0.2) is 28.7 Å². The van der Waals surface area contributed by atoms with Crippen molar-refractivity contribution in [3.8, 4) is 5.75 Å². The number of epoxide rings is 1. The normalized spacial score (nSPS) is 30.7. The van der Waals surface area contributed by atoms with Crippen LogP contribution in [0.1, 0.15) is 41.3 Å². The first-order valence-corrected chi connectivity index (χ1v) is 14.2. The number of Topliss-reactive ketones (excluding diaryl/α,β-unsaturated/α-hetero) is 1. The zero-order valence-electron chi connectivity index (χ0n) is 25.6. The number of nitrogens with two attached hydrogens (primary N) is 2. The average molecular weight is 600 g/mol. The van der Waals surface area contributed by atoms with Crippen molar-refractivity contribution in [2.75, 3.05) is 47.2 Å². The average Bonchev–Trinajstić information content (AvgIpc) is 3.50. The molecule has 1 heterocycles. The molecule has 234 valence electrons. The van der Waals surface area contributed by atoms with E-state index in [9.17, 15) is 34.8 Å². The molecule has 4 aliphatic rings. The molecule has 0 aromatic heterocycles. The Bertz CT molecular complexity index is 1510. The fourth-order valence-electron chi connectivity index (χ4n) is 7.50. The number of benzene rings is 1. The highest BCUT2D eigenvalue weighted by molar-refractivity contribution is 6.15. The number of carbonyl (C=O) groups excluding carboxylic acids is 3. The van der Waals surface area contributed by atoms with Crippen molar-refractivity contribution in [2.45, 2.75) is 55.6 Å². The van der Waals surface area contributed by atoms with Crippen molar-refractivity contribution in [1.29, 1.82) is 0 Å². The Balaban J connectivity index is 1.65. The second kappa shape index (κ2) is 9.68. The molecule has 5 rings (SSSR count). The van der Waals surface area contributed by atoms with Crippen LogP contribution in [0, 0.1) is 11.8 Å². The number of amides is 2. The monoisotopic (exact) mass is 599 g/mol. The van der Waals surface area contributed by atoms with E-state index in [1.54, 1.807) is 46.1 Å². The maximum absolute atomic E-state index is 14.3. The molecule has 0 saturated carbocycles. The number of hydrogen-bond acceptors (Lipinski definition) is 11. The van der Waals surface area contributed by atoms with E-state index in [1.165, 1.54) is 4.90 Å². The van der Waals surface area contributed by atoms with Crippen LogP contribution in [0.4, 0.5) is 5.69 Å². The number of carbonyl (C=O) groups is 3. The summed E-state index contributed by atoms with van der Waals surface area (Å²) >= 11 is 0. The second-order valence-corrected chi connectivity index (χ2v) is 13.3. The van der Waals surface area contributed by atoms with E-state index in [0.717, 1.165) is 0 Å². The Labute approximate surface area is 250 Å². The summed E-state index contributed by atoms with van der Waals surface area (Å²) in [6, 6.07) is 0.923. The quantitative estimate of drug-likeness (QED) is 0.231. The fraction of sp³-hybridized carbons (Fsp3) is 0.567. The lowest BCUT2D eigenvalue weighted by molar-refractivity contribution is -0.129. The molecule has 0 bridgehead atoms. The summed E-state index contributed by atoms with van der Waals surface area (Å²) < 4.78 is 5.74. The number of rotatable bonds is 7. The number of aliphatic hydroxyl groups excluding tert-OH is 2. The van der Waals surface area contributed by atoms with Gasteiger partial charge < -0.3 is 46.4 Å². The number of anilines is 1. The van der Waals surface area contributed by atoms with Gasteiger partial charge in [0.2, 0.25) is 11.7 Å². The van der Waals surface area contributed by atoms with Crippen LogP contribution in [0.3, 0.4) is 0 Å². The lowest BCUT2D eigenvalue weighted by Gasteiger charge is -2.46. The molecule has 2 amide bonds. The highest BCUT2D eigenvalue weighted by Crippen LogP contribution is 2.68. The third-order valence-corrected chi connectivity index (χ3v) is 9.42. The van der Waals surface area contributed by atoms with Crippen molar-refractivity contribution < 1.29 is 39.5 Å². The van der Waals surface area contributed by atoms with E-state index in [0.29, 0.717) is 16.8 Å². The van der Waals surface area contributed by atoms with E-state index < -0.39 is 63.6 Å². The molecule has 43 heavy (non-hydrogen) atoms. The molecule has 1 fully saturated rings. The maximum Gasteiger partial charge on any atom is 0.253 e. The number of hydrogen-bond donors (Lipinski definition) is 6. The highest BCUT2D eigenvalue weighted by atomic mass is 16.8. The van der Waals surface area contributed by atoms with E-state index in [1.807, 2.05) is 19.0 Å². The van der Waals surface area contributed by atoms with Crippen LogP contribution in [0.5, 0.6) is 5.75 Å². The molecule has 1 aromatic carbocycles. The van der Waals surface area contributed by atoms with Gasteiger partial charge in [0.15, 0.2) is 11.4 Å². The number of ketones is 1. The van der Waals surface area contributed by atoms with Gasteiger partial charge in [-0.1, -0.05) is 0 Å². The topological polar surface area (TPSA) is 206 Å². The zero-order valence-corrected chi connectivity index (χ0v) is 25.6. The minimum atomic E-state index is -2.41. The van der Waals surface area contributed by atoms with Gasteiger partial charge >= 0.3 is 0 Å². The molecule has 6 atom stereocenters. The lowest BCUT2D eigenvalue weighted by atomic mass is 9.60. The Morgan fingerprint density at radius 1 is 1.14 bits per heavy atom. The lowest BCUT2D eigenvalue weighted by Crippen LogP contribution is -2.57. The maximum atomic E-state index is 14.3. The number of nitrogens with zero attached hydrogens (tertiary/aromatic N) is 3. The minimum absolute atomic E-state index is 0.00117. The number of aromatic hydroxyl groups is 1. The predicted molar refractivity (Wildman–Crippen MR) is 156 cm³/mol. The Morgan fingerprint density at radius 3 is 2.30 bits per heavy atom. The van der Waals surface area contributed by atoms with Gasteiger partial charge in [-0.15, -0.1) is 0 Å². The molecule has 1 aliphatic heterocycles. The first kappa shape index (κ1) is 30.8.